The van der Waals surface area contributed by atoms with E-state index in [4.69, 9.17) is 9.47 Å². The molecular formula is C21H25N5O5S. The van der Waals surface area contributed by atoms with E-state index in [-0.39, 0.29) is 13.0 Å². The summed E-state index contributed by atoms with van der Waals surface area (Å²) in [6, 6.07) is 2.73. The van der Waals surface area contributed by atoms with Gasteiger partial charge < -0.3 is 14.6 Å². The minimum atomic E-state index is -1.10. The van der Waals surface area contributed by atoms with Crippen molar-refractivity contribution in [2.24, 2.45) is 7.05 Å². The number of carbonyl (C=O) groups is 2. The summed E-state index contributed by atoms with van der Waals surface area (Å²) in [5.41, 5.74) is 1.58. The third-order valence-electron chi connectivity index (χ3n) is 4.96. The molecule has 1 unspecified atom stereocenters. The van der Waals surface area contributed by atoms with Crippen LogP contribution >= 0.6 is 11.3 Å². The van der Waals surface area contributed by atoms with Crippen LogP contribution in [0.25, 0.3) is 21.7 Å². The monoisotopic (exact) mass is 459 g/mol. The summed E-state index contributed by atoms with van der Waals surface area (Å²) in [7, 11) is 1.82. The van der Waals surface area contributed by atoms with E-state index in [0.29, 0.717) is 11.7 Å². The molecule has 11 heteroatoms. The van der Waals surface area contributed by atoms with Gasteiger partial charge in [0.05, 0.1) is 17.8 Å². The first kappa shape index (κ1) is 22.0. The molecule has 0 spiro atoms. The summed E-state index contributed by atoms with van der Waals surface area (Å²) in [5, 5.41) is 15.9. The van der Waals surface area contributed by atoms with Crippen molar-refractivity contribution in [1.82, 2.24) is 24.6 Å². The molecule has 1 fully saturated rings. The number of hydrogen-bond donors (Lipinski definition) is 1. The standard InChI is InChI=1S/C21H25N5O5S/c1-11-8-14(25(5)24-11)17-22-13-6-7-32-16(13)18(23-17)30-12-9-15(19(27)28)26(10-12)20(29)31-21(2,3)4/h6-8,12,15H,9-10H2,1-5H3,(H,27,28)/t12?,15-/m0/s1. The fraction of sp³-hybridized carbons (Fsp3) is 0.476. The Hall–Kier alpha value is -3.21. The van der Waals surface area contributed by atoms with Crippen LogP contribution in [-0.4, -0.2) is 66.1 Å². The largest absolute Gasteiger partial charge is 0.480 e. The molecule has 0 bridgehead atoms. The molecule has 1 N–H and O–H groups in total. The summed E-state index contributed by atoms with van der Waals surface area (Å²) in [4.78, 5) is 34.8. The van der Waals surface area contributed by atoms with Crippen LogP contribution in [0.2, 0.25) is 0 Å². The highest BCUT2D eigenvalue weighted by Crippen LogP contribution is 2.33. The zero-order valence-electron chi connectivity index (χ0n) is 18.5. The molecule has 2 atom stereocenters. The average Bonchev–Trinajstić information content (AvgIpc) is 3.38. The maximum absolute atomic E-state index is 12.6. The van der Waals surface area contributed by atoms with Crippen molar-refractivity contribution in [3.05, 3.63) is 23.2 Å². The number of aromatic nitrogens is 4. The third-order valence-corrected chi connectivity index (χ3v) is 5.85. The van der Waals surface area contributed by atoms with Gasteiger partial charge in [-0.2, -0.15) is 10.1 Å². The van der Waals surface area contributed by atoms with Gasteiger partial charge in [-0.1, -0.05) is 0 Å². The molecule has 1 aliphatic heterocycles. The Morgan fingerprint density at radius 2 is 2.03 bits per heavy atom. The lowest BCUT2D eigenvalue weighted by molar-refractivity contribution is -0.142. The molecule has 1 aliphatic rings. The van der Waals surface area contributed by atoms with Gasteiger partial charge in [-0.25, -0.2) is 14.6 Å². The number of ether oxygens (including phenoxy) is 2. The number of thiophene rings is 1. The van der Waals surface area contributed by atoms with Gasteiger partial charge in [-0.3, -0.25) is 9.58 Å². The van der Waals surface area contributed by atoms with E-state index in [1.54, 1.807) is 25.5 Å². The predicted molar refractivity (Wildman–Crippen MR) is 118 cm³/mol. The Labute approximate surface area is 188 Å². The molecule has 170 valence electrons. The van der Waals surface area contributed by atoms with Gasteiger partial charge in [0.1, 0.15) is 28.1 Å². The van der Waals surface area contributed by atoms with E-state index in [0.717, 1.165) is 21.6 Å². The van der Waals surface area contributed by atoms with E-state index in [2.05, 4.69) is 15.1 Å². The average molecular weight is 460 g/mol. The molecule has 4 rings (SSSR count). The van der Waals surface area contributed by atoms with Crippen LogP contribution < -0.4 is 4.74 Å². The number of aryl methyl sites for hydroxylation is 2. The number of rotatable bonds is 4. The summed E-state index contributed by atoms with van der Waals surface area (Å²) in [5.74, 6) is -0.276. The highest BCUT2D eigenvalue weighted by atomic mass is 32.1. The number of hydrogen-bond acceptors (Lipinski definition) is 8. The smallest absolute Gasteiger partial charge is 0.411 e. The Balaban J connectivity index is 1.63. The molecule has 1 saturated heterocycles. The topological polar surface area (TPSA) is 120 Å². The van der Waals surface area contributed by atoms with E-state index >= 15 is 0 Å². The number of amides is 1. The molecule has 0 aliphatic carbocycles. The molecule has 10 nitrogen and oxygen atoms in total. The normalized spacial score (nSPS) is 18.8. The van der Waals surface area contributed by atoms with Crippen LogP contribution in [0, 0.1) is 6.92 Å². The van der Waals surface area contributed by atoms with Crippen molar-refractivity contribution in [1.29, 1.82) is 0 Å². The van der Waals surface area contributed by atoms with Gasteiger partial charge >= 0.3 is 12.1 Å². The maximum atomic E-state index is 12.6. The van der Waals surface area contributed by atoms with Crippen molar-refractivity contribution in [3.8, 4) is 17.4 Å². The van der Waals surface area contributed by atoms with E-state index < -0.39 is 29.8 Å². The number of carboxylic acid groups (broad SMARTS) is 1. The minimum absolute atomic E-state index is 0.0862. The number of carboxylic acids is 1. The van der Waals surface area contributed by atoms with Crippen LogP contribution in [0.4, 0.5) is 4.79 Å². The van der Waals surface area contributed by atoms with Gasteiger partial charge in [0.25, 0.3) is 0 Å². The maximum Gasteiger partial charge on any atom is 0.411 e. The summed E-state index contributed by atoms with van der Waals surface area (Å²) >= 11 is 1.44. The van der Waals surface area contributed by atoms with Gasteiger partial charge in [0.15, 0.2) is 5.82 Å². The molecule has 0 saturated carbocycles. The zero-order chi connectivity index (χ0) is 23.2. The Morgan fingerprint density at radius 3 is 2.66 bits per heavy atom. The molecule has 4 heterocycles. The van der Waals surface area contributed by atoms with Gasteiger partial charge in [0, 0.05) is 13.5 Å². The Kier molecular flexibility index (Phi) is 5.53. The fourth-order valence-corrected chi connectivity index (χ4v) is 4.41. The van der Waals surface area contributed by atoms with Crippen molar-refractivity contribution in [2.45, 2.75) is 51.9 Å². The first-order valence-electron chi connectivity index (χ1n) is 10.2. The van der Waals surface area contributed by atoms with Crippen molar-refractivity contribution < 1.29 is 24.2 Å². The second-order valence-electron chi connectivity index (χ2n) is 8.74. The quantitative estimate of drug-likeness (QED) is 0.631. The van der Waals surface area contributed by atoms with Crippen molar-refractivity contribution >= 4 is 33.6 Å². The molecule has 3 aromatic rings. The first-order valence-corrected chi connectivity index (χ1v) is 11.0. The zero-order valence-corrected chi connectivity index (χ0v) is 19.3. The van der Waals surface area contributed by atoms with Crippen LogP contribution in [0.5, 0.6) is 5.88 Å². The fourth-order valence-electron chi connectivity index (χ4n) is 3.65. The minimum Gasteiger partial charge on any atom is -0.480 e. The lowest BCUT2D eigenvalue weighted by atomic mass is 10.2. The van der Waals surface area contributed by atoms with Crippen molar-refractivity contribution in [3.63, 3.8) is 0 Å². The summed E-state index contributed by atoms with van der Waals surface area (Å²) in [6.07, 6.45) is -1.10. The highest BCUT2D eigenvalue weighted by Gasteiger charge is 2.43. The lowest BCUT2D eigenvalue weighted by Gasteiger charge is -2.26. The van der Waals surface area contributed by atoms with Crippen LogP contribution in [-0.2, 0) is 16.6 Å². The third kappa shape index (κ3) is 4.38. The highest BCUT2D eigenvalue weighted by molar-refractivity contribution is 7.17. The molecule has 32 heavy (non-hydrogen) atoms. The predicted octanol–water partition coefficient (Wildman–Crippen LogP) is 3.24. The van der Waals surface area contributed by atoms with E-state index in [1.165, 1.54) is 16.2 Å². The number of aliphatic carboxylic acids is 1. The summed E-state index contributed by atoms with van der Waals surface area (Å²) < 4.78 is 14.0. The lowest BCUT2D eigenvalue weighted by Crippen LogP contribution is -2.43. The SMILES string of the molecule is Cc1cc(-c2nc(OC3C[C@@H](C(=O)O)N(C(=O)OC(C)(C)C)C3)c3sccc3n2)n(C)n1. The van der Waals surface area contributed by atoms with Gasteiger partial charge in [0.2, 0.25) is 5.88 Å². The Bertz CT molecular complexity index is 1180. The van der Waals surface area contributed by atoms with Crippen LogP contribution in [0.1, 0.15) is 32.9 Å². The van der Waals surface area contributed by atoms with E-state index in [1.807, 2.05) is 31.5 Å². The number of likely N-dealkylation sites (tertiary alicyclic amines) is 1. The van der Waals surface area contributed by atoms with Crippen molar-refractivity contribution in [2.75, 3.05) is 6.54 Å². The second-order valence-corrected chi connectivity index (χ2v) is 9.66. The Morgan fingerprint density at radius 1 is 1.28 bits per heavy atom. The van der Waals surface area contributed by atoms with Crippen LogP contribution in [0.3, 0.4) is 0 Å². The summed E-state index contributed by atoms with van der Waals surface area (Å²) in [6.45, 7) is 7.19. The van der Waals surface area contributed by atoms with Crippen LogP contribution in [0.15, 0.2) is 17.5 Å². The second kappa shape index (κ2) is 8.05. The first-order chi connectivity index (χ1) is 15.0. The molecule has 0 radical (unpaired) electrons. The van der Waals surface area contributed by atoms with Gasteiger partial charge in [-0.05, 0) is 45.2 Å². The van der Waals surface area contributed by atoms with E-state index in [9.17, 15) is 14.7 Å². The van der Waals surface area contributed by atoms with Gasteiger partial charge in [-0.15, -0.1) is 11.3 Å². The molecule has 3 aromatic heterocycles. The number of fused-ring (bicyclic) bond motifs is 1. The number of nitrogens with zero attached hydrogens (tertiary/aromatic N) is 5. The number of carbonyl (C=O) groups excluding carboxylic acids is 1. The molecular weight excluding hydrogens is 434 g/mol. The molecule has 0 aromatic carbocycles. The molecule has 1 amide bonds.